The van der Waals surface area contributed by atoms with Crippen LogP contribution in [0.15, 0.2) is 6.20 Å². The van der Waals surface area contributed by atoms with E-state index in [-0.39, 0.29) is 17.1 Å². The Labute approximate surface area is 83.7 Å². The van der Waals surface area contributed by atoms with Crippen LogP contribution in [0.1, 0.15) is 17.6 Å². The summed E-state index contributed by atoms with van der Waals surface area (Å²) < 4.78 is 24.9. The summed E-state index contributed by atoms with van der Waals surface area (Å²) in [5.41, 5.74) is 9.70. The zero-order valence-corrected chi connectivity index (χ0v) is 7.58. The summed E-state index contributed by atoms with van der Waals surface area (Å²) in [6.07, 6.45) is -2.24. The Bertz CT molecular complexity index is 396. The molecule has 0 saturated heterocycles. The number of nitrogen functional groups attached to an aromatic ring is 2. The van der Waals surface area contributed by atoms with Crippen molar-refractivity contribution >= 4 is 17.5 Å². The van der Waals surface area contributed by atoms with E-state index in [2.05, 4.69) is 4.98 Å². The van der Waals surface area contributed by atoms with Gasteiger partial charge in [-0.25, -0.2) is 13.8 Å². The molecule has 1 aromatic heterocycles. The maximum atomic E-state index is 12.5. The highest BCUT2D eigenvalue weighted by atomic mass is 19.3. The van der Waals surface area contributed by atoms with E-state index in [0.29, 0.717) is 0 Å². The monoisotopic (exact) mass is 217 g/mol. The van der Waals surface area contributed by atoms with Crippen LogP contribution in [0.5, 0.6) is 0 Å². The van der Waals surface area contributed by atoms with Crippen LogP contribution in [0.3, 0.4) is 0 Å². The molecule has 0 unspecified atom stereocenters. The molecule has 0 atom stereocenters. The van der Waals surface area contributed by atoms with E-state index in [1.807, 2.05) is 0 Å². The van der Waals surface area contributed by atoms with Crippen molar-refractivity contribution in [3.8, 4) is 0 Å². The average molecular weight is 217 g/mol. The van der Waals surface area contributed by atoms with Gasteiger partial charge in [-0.05, 0) is 0 Å². The van der Waals surface area contributed by atoms with Crippen molar-refractivity contribution in [3.05, 3.63) is 17.3 Å². The van der Waals surface area contributed by atoms with Crippen LogP contribution in [-0.4, -0.2) is 16.1 Å². The number of hydrogen-bond acceptors (Lipinski definition) is 4. The molecule has 1 rings (SSSR count). The molecule has 0 spiro atoms. The van der Waals surface area contributed by atoms with Gasteiger partial charge in [0.2, 0.25) is 0 Å². The lowest BCUT2D eigenvalue weighted by Crippen LogP contribution is -2.10. The van der Waals surface area contributed by atoms with Gasteiger partial charge in [-0.15, -0.1) is 0 Å². The number of alkyl halides is 2. The minimum atomic E-state index is -2.87. The topological polar surface area (TPSA) is 102 Å². The maximum Gasteiger partial charge on any atom is 0.307 e. The third-order valence-corrected chi connectivity index (χ3v) is 1.83. The minimum absolute atomic E-state index is 0.0343. The van der Waals surface area contributed by atoms with Crippen molar-refractivity contribution in [3.63, 3.8) is 0 Å². The Morgan fingerprint density at radius 1 is 1.53 bits per heavy atom. The number of carboxylic acids is 1. The lowest BCUT2D eigenvalue weighted by molar-refractivity contribution is -0.136. The summed E-state index contributed by atoms with van der Waals surface area (Å²) in [6, 6.07) is 0. The number of nitrogens with two attached hydrogens (primary N) is 2. The smallest absolute Gasteiger partial charge is 0.307 e. The summed E-state index contributed by atoms with van der Waals surface area (Å²) in [5, 5.41) is 8.49. The van der Waals surface area contributed by atoms with Crippen LogP contribution in [0.25, 0.3) is 0 Å². The van der Waals surface area contributed by atoms with Gasteiger partial charge in [-0.3, -0.25) is 4.79 Å². The average Bonchev–Trinajstić information content (AvgIpc) is 2.09. The van der Waals surface area contributed by atoms with Gasteiger partial charge in [0, 0.05) is 17.4 Å². The highest BCUT2D eigenvalue weighted by Crippen LogP contribution is 2.31. The SMILES string of the molecule is Nc1ncc(CC(=O)O)c(N)c1C(F)F. The van der Waals surface area contributed by atoms with E-state index in [0.717, 1.165) is 6.20 Å². The maximum absolute atomic E-state index is 12.5. The van der Waals surface area contributed by atoms with Crippen LogP contribution in [0.4, 0.5) is 20.3 Å². The number of hydrogen-bond donors (Lipinski definition) is 3. The molecule has 0 amide bonds. The fraction of sp³-hybridized carbons (Fsp3) is 0.250. The minimum Gasteiger partial charge on any atom is -0.481 e. The Balaban J connectivity index is 3.22. The van der Waals surface area contributed by atoms with Gasteiger partial charge in [0.1, 0.15) is 5.82 Å². The first-order chi connectivity index (χ1) is 6.93. The molecular weight excluding hydrogens is 208 g/mol. The number of pyridine rings is 1. The van der Waals surface area contributed by atoms with Crippen LogP contribution >= 0.6 is 0 Å². The van der Waals surface area contributed by atoms with Gasteiger partial charge in [0.25, 0.3) is 6.43 Å². The van der Waals surface area contributed by atoms with E-state index in [9.17, 15) is 13.6 Å². The summed E-state index contributed by atoms with van der Waals surface area (Å²) in [4.78, 5) is 13.9. The number of carbonyl (C=O) groups is 1. The van der Waals surface area contributed by atoms with E-state index in [4.69, 9.17) is 16.6 Å². The van der Waals surface area contributed by atoms with E-state index in [1.54, 1.807) is 0 Å². The number of halogens is 2. The zero-order chi connectivity index (χ0) is 11.6. The largest absolute Gasteiger partial charge is 0.481 e. The number of carboxylic acid groups (broad SMARTS) is 1. The quantitative estimate of drug-likeness (QED) is 0.695. The lowest BCUT2D eigenvalue weighted by Gasteiger charge is -2.10. The van der Waals surface area contributed by atoms with Gasteiger partial charge < -0.3 is 16.6 Å². The Morgan fingerprint density at radius 3 is 2.60 bits per heavy atom. The number of rotatable bonds is 3. The van der Waals surface area contributed by atoms with Crippen molar-refractivity contribution in [1.29, 1.82) is 0 Å². The predicted octanol–water partition coefficient (Wildman–Crippen LogP) is 0.811. The molecule has 0 saturated carbocycles. The molecule has 1 aromatic rings. The fourth-order valence-corrected chi connectivity index (χ4v) is 1.13. The molecule has 82 valence electrons. The fourth-order valence-electron chi connectivity index (χ4n) is 1.13. The molecule has 5 N–H and O–H groups in total. The molecule has 0 aliphatic heterocycles. The molecule has 15 heavy (non-hydrogen) atoms. The second-order valence-corrected chi connectivity index (χ2v) is 2.87. The first-order valence-corrected chi connectivity index (χ1v) is 3.96. The van der Waals surface area contributed by atoms with Crippen molar-refractivity contribution in [2.24, 2.45) is 0 Å². The third-order valence-electron chi connectivity index (χ3n) is 1.83. The van der Waals surface area contributed by atoms with Gasteiger partial charge in [0.15, 0.2) is 0 Å². The highest BCUT2D eigenvalue weighted by Gasteiger charge is 2.19. The normalized spacial score (nSPS) is 10.6. The lowest BCUT2D eigenvalue weighted by atomic mass is 10.1. The molecular formula is C8H9F2N3O2. The summed E-state index contributed by atoms with van der Waals surface area (Å²) in [7, 11) is 0. The number of aliphatic carboxylic acids is 1. The first-order valence-electron chi connectivity index (χ1n) is 3.96. The van der Waals surface area contributed by atoms with Crippen molar-refractivity contribution in [2.45, 2.75) is 12.8 Å². The second-order valence-electron chi connectivity index (χ2n) is 2.87. The molecule has 0 aliphatic rings. The Morgan fingerprint density at radius 2 is 2.13 bits per heavy atom. The highest BCUT2D eigenvalue weighted by molar-refractivity contribution is 5.74. The number of aromatic nitrogens is 1. The van der Waals surface area contributed by atoms with Gasteiger partial charge in [0.05, 0.1) is 12.0 Å². The summed E-state index contributed by atoms with van der Waals surface area (Å²) >= 11 is 0. The van der Waals surface area contributed by atoms with Crippen LogP contribution in [-0.2, 0) is 11.2 Å². The molecule has 7 heteroatoms. The van der Waals surface area contributed by atoms with Crippen LogP contribution in [0, 0.1) is 0 Å². The predicted molar refractivity (Wildman–Crippen MR) is 49.4 cm³/mol. The van der Waals surface area contributed by atoms with Crippen LogP contribution < -0.4 is 11.5 Å². The van der Waals surface area contributed by atoms with Crippen molar-refractivity contribution in [2.75, 3.05) is 11.5 Å². The van der Waals surface area contributed by atoms with E-state index < -0.39 is 24.4 Å². The van der Waals surface area contributed by atoms with Gasteiger partial charge in [-0.1, -0.05) is 0 Å². The third kappa shape index (κ3) is 2.30. The molecule has 0 bridgehead atoms. The molecule has 0 radical (unpaired) electrons. The molecule has 0 aliphatic carbocycles. The van der Waals surface area contributed by atoms with E-state index >= 15 is 0 Å². The van der Waals surface area contributed by atoms with Gasteiger partial charge in [-0.2, -0.15) is 0 Å². The van der Waals surface area contributed by atoms with Crippen molar-refractivity contribution in [1.82, 2.24) is 4.98 Å². The molecule has 0 aromatic carbocycles. The first kappa shape index (κ1) is 11.2. The van der Waals surface area contributed by atoms with Crippen LogP contribution in [0.2, 0.25) is 0 Å². The molecule has 1 heterocycles. The summed E-state index contributed by atoms with van der Waals surface area (Å²) in [5.74, 6) is -1.55. The standard InChI is InChI=1S/C8H9F2N3O2/c9-7(10)5-6(11)3(1-4(14)15)2-13-8(5)12/h2,7H,1H2,(H,14,15)(H4,11,12,13). The number of anilines is 2. The van der Waals surface area contributed by atoms with Gasteiger partial charge >= 0.3 is 5.97 Å². The molecule has 0 fully saturated rings. The second kappa shape index (κ2) is 4.07. The van der Waals surface area contributed by atoms with E-state index in [1.165, 1.54) is 0 Å². The Hall–Kier alpha value is -1.92. The zero-order valence-electron chi connectivity index (χ0n) is 7.58. The summed E-state index contributed by atoms with van der Waals surface area (Å²) in [6.45, 7) is 0. The van der Waals surface area contributed by atoms with Crippen molar-refractivity contribution < 1.29 is 18.7 Å². The Kier molecular flexibility index (Phi) is 3.03. The number of nitrogens with zero attached hydrogens (tertiary/aromatic N) is 1. The molecule has 5 nitrogen and oxygen atoms in total.